The summed E-state index contributed by atoms with van der Waals surface area (Å²) in [5.41, 5.74) is 0. The Morgan fingerprint density at radius 1 is 1.41 bits per heavy atom. The van der Waals surface area contributed by atoms with E-state index in [4.69, 9.17) is 0 Å². The van der Waals surface area contributed by atoms with E-state index in [1.165, 1.54) is 38.0 Å². The summed E-state index contributed by atoms with van der Waals surface area (Å²) in [5, 5.41) is 3.84. The summed E-state index contributed by atoms with van der Waals surface area (Å²) in [7, 11) is 0. The van der Waals surface area contributed by atoms with Crippen molar-refractivity contribution < 1.29 is 0 Å². The lowest BCUT2D eigenvalue weighted by Gasteiger charge is -2.30. The molecule has 1 saturated carbocycles. The third kappa shape index (κ3) is 2.44. The van der Waals surface area contributed by atoms with E-state index in [2.05, 4.69) is 43.1 Å². The summed E-state index contributed by atoms with van der Waals surface area (Å²) >= 11 is 2.17. The first-order valence-corrected chi connectivity index (χ1v) is 8.20. The third-order valence-electron chi connectivity index (χ3n) is 5.07. The average molecular weight is 251 g/mol. The van der Waals surface area contributed by atoms with Gasteiger partial charge in [0.05, 0.1) is 0 Å². The molecule has 0 spiro atoms. The van der Waals surface area contributed by atoms with Crippen molar-refractivity contribution >= 4 is 11.8 Å². The summed E-state index contributed by atoms with van der Waals surface area (Å²) in [6.07, 6.45) is 10.6. The molecular weight excluding hydrogens is 226 g/mol. The van der Waals surface area contributed by atoms with Crippen LogP contribution in [0.1, 0.15) is 39.5 Å². The summed E-state index contributed by atoms with van der Waals surface area (Å²) in [4.78, 5) is 0. The number of nitrogens with one attached hydrogen (secondary N) is 1. The maximum Gasteiger partial charge on any atom is 0.0256 e. The normalized spacial score (nSPS) is 45.6. The molecule has 2 fully saturated rings. The van der Waals surface area contributed by atoms with Gasteiger partial charge in [0, 0.05) is 17.3 Å². The van der Waals surface area contributed by atoms with Crippen LogP contribution in [0.25, 0.3) is 0 Å². The van der Waals surface area contributed by atoms with Crippen molar-refractivity contribution in [1.82, 2.24) is 5.32 Å². The van der Waals surface area contributed by atoms with Crippen LogP contribution in [0.3, 0.4) is 0 Å². The molecule has 5 atom stereocenters. The van der Waals surface area contributed by atoms with E-state index < -0.39 is 0 Å². The molecule has 2 aliphatic carbocycles. The van der Waals surface area contributed by atoms with Gasteiger partial charge in [0.2, 0.25) is 0 Å². The maximum absolute atomic E-state index is 3.84. The van der Waals surface area contributed by atoms with E-state index in [0.29, 0.717) is 10.8 Å². The summed E-state index contributed by atoms with van der Waals surface area (Å²) < 4.78 is 0.516. The van der Waals surface area contributed by atoms with E-state index in [9.17, 15) is 0 Å². The number of hydrogen-bond donors (Lipinski definition) is 1. The molecule has 0 amide bonds. The monoisotopic (exact) mass is 251 g/mol. The van der Waals surface area contributed by atoms with Crippen LogP contribution in [-0.2, 0) is 0 Å². The maximum atomic E-state index is 3.84. The quantitative estimate of drug-likeness (QED) is 0.768. The van der Waals surface area contributed by atoms with Gasteiger partial charge in [0.15, 0.2) is 0 Å². The van der Waals surface area contributed by atoms with Crippen molar-refractivity contribution in [2.24, 2.45) is 17.8 Å². The second-order valence-electron chi connectivity index (χ2n) is 6.52. The zero-order valence-corrected chi connectivity index (χ0v) is 11.9. The number of thioether (sulfide) groups is 1. The molecule has 1 saturated heterocycles. The van der Waals surface area contributed by atoms with Gasteiger partial charge in [-0.05, 0) is 63.0 Å². The van der Waals surface area contributed by atoms with Gasteiger partial charge in [-0.2, -0.15) is 11.8 Å². The third-order valence-corrected chi connectivity index (χ3v) is 6.61. The minimum atomic E-state index is 0.516. The highest BCUT2D eigenvalue weighted by Gasteiger charge is 2.39. The highest BCUT2D eigenvalue weighted by atomic mass is 32.2. The molecule has 2 bridgehead atoms. The lowest BCUT2D eigenvalue weighted by molar-refractivity contribution is 0.318. The van der Waals surface area contributed by atoms with E-state index in [1.54, 1.807) is 0 Å². The molecule has 17 heavy (non-hydrogen) atoms. The van der Waals surface area contributed by atoms with E-state index in [-0.39, 0.29) is 0 Å². The predicted octanol–water partition coefficient (Wildman–Crippen LogP) is 3.46. The van der Waals surface area contributed by atoms with Crippen LogP contribution in [0.5, 0.6) is 0 Å². The molecule has 2 heteroatoms. The summed E-state index contributed by atoms with van der Waals surface area (Å²) in [6.45, 7) is 6.05. The van der Waals surface area contributed by atoms with Crippen LogP contribution in [0.4, 0.5) is 0 Å². The molecule has 0 radical (unpaired) electrons. The first-order valence-electron chi connectivity index (χ1n) is 7.22. The zero-order chi connectivity index (χ0) is 11.9. The second kappa shape index (κ2) is 4.62. The van der Waals surface area contributed by atoms with Gasteiger partial charge < -0.3 is 5.32 Å². The number of rotatable bonds is 4. The van der Waals surface area contributed by atoms with Gasteiger partial charge in [0.25, 0.3) is 0 Å². The van der Waals surface area contributed by atoms with Gasteiger partial charge in [0.1, 0.15) is 0 Å². The Labute approximate surface area is 110 Å². The summed E-state index contributed by atoms with van der Waals surface area (Å²) in [6, 6.07) is 0.702. The Morgan fingerprint density at radius 2 is 2.29 bits per heavy atom. The Bertz CT molecular complexity index is 306. The van der Waals surface area contributed by atoms with Gasteiger partial charge in [-0.25, -0.2) is 0 Å². The highest BCUT2D eigenvalue weighted by molar-refractivity contribution is 8.00. The van der Waals surface area contributed by atoms with Gasteiger partial charge in [-0.3, -0.25) is 0 Å². The van der Waals surface area contributed by atoms with Crippen molar-refractivity contribution in [3.63, 3.8) is 0 Å². The molecule has 1 N–H and O–H groups in total. The smallest absolute Gasteiger partial charge is 0.0256 e. The van der Waals surface area contributed by atoms with Crippen LogP contribution in [0, 0.1) is 17.8 Å². The van der Waals surface area contributed by atoms with Crippen molar-refractivity contribution in [2.45, 2.75) is 50.3 Å². The van der Waals surface area contributed by atoms with Crippen LogP contribution in [0.2, 0.25) is 0 Å². The number of hydrogen-bond acceptors (Lipinski definition) is 2. The molecule has 96 valence electrons. The molecule has 3 rings (SSSR count). The van der Waals surface area contributed by atoms with Gasteiger partial charge >= 0.3 is 0 Å². The standard InChI is InChI=1S/C15H25NS/c1-11(14-9-12-4-5-13(14)8-12)16-10-15(2)6-3-7-17-15/h4-5,11-14,16H,3,6-10H2,1-2H3. The van der Waals surface area contributed by atoms with Gasteiger partial charge in [-0.1, -0.05) is 12.2 Å². The Hall–Kier alpha value is 0.0500. The van der Waals surface area contributed by atoms with E-state index in [0.717, 1.165) is 17.8 Å². The van der Waals surface area contributed by atoms with Crippen LogP contribution < -0.4 is 5.32 Å². The molecule has 3 aliphatic rings. The Morgan fingerprint density at radius 3 is 2.88 bits per heavy atom. The lowest BCUT2D eigenvalue weighted by atomic mass is 9.87. The topological polar surface area (TPSA) is 12.0 Å². The van der Waals surface area contributed by atoms with E-state index in [1.807, 2.05) is 0 Å². The molecule has 0 aromatic rings. The first kappa shape index (κ1) is 12.1. The zero-order valence-electron chi connectivity index (χ0n) is 11.1. The predicted molar refractivity (Wildman–Crippen MR) is 76.4 cm³/mol. The van der Waals surface area contributed by atoms with Crippen molar-refractivity contribution in [1.29, 1.82) is 0 Å². The van der Waals surface area contributed by atoms with Crippen LogP contribution >= 0.6 is 11.8 Å². The number of fused-ring (bicyclic) bond motifs is 2. The molecule has 0 aromatic carbocycles. The molecule has 1 nitrogen and oxygen atoms in total. The Balaban J connectivity index is 1.50. The molecule has 1 heterocycles. The first-order chi connectivity index (χ1) is 8.16. The summed E-state index contributed by atoms with van der Waals surface area (Å²) in [5.74, 6) is 4.06. The minimum Gasteiger partial charge on any atom is -0.313 e. The van der Waals surface area contributed by atoms with Crippen molar-refractivity contribution in [2.75, 3.05) is 12.3 Å². The Kier molecular flexibility index (Phi) is 3.29. The fourth-order valence-corrected chi connectivity index (χ4v) is 5.16. The van der Waals surface area contributed by atoms with Crippen LogP contribution in [-0.4, -0.2) is 23.1 Å². The van der Waals surface area contributed by atoms with Crippen molar-refractivity contribution in [3.8, 4) is 0 Å². The van der Waals surface area contributed by atoms with Gasteiger partial charge in [-0.15, -0.1) is 0 Å². The van der Waals surface area contributed by atoms with Crippen LogP contribution in [0.15, 0.2) is 12.2 Å². The number of allylic oxidation sites excluding steroid dienone is 2. The largest absolute Gasteiger partial charge is 0.313 e. The fourth-order valence-electron chi connectivity index (χ4n) is 3.90. The fraction of sp³-hybridized carbons (Fsp3) is 0.867. The average Bonchev–Trinajstić information content (AvgIpc) is 3.02. The lowest BCUT2D eigenvalue weighted by Crippen LogP contribution is -2.42. The molecule has 1 aliphatic heterocycles. The minimum absolute atomic E-state index is 0.516. The molecular formula is C15H25NS. The molecule has 5 unspecified atom stereocenters. The highest BCUT2D eigenvalue weighted by Crippen LogP contribution is 2.45. The SMILES string of the molecule is CC(NCC1(C)CCCS1)C1CC2C=CC1C2. The van der Waals surface area contributed by atoms with Crippen molar-refractivity contribution in [3.05, 3.63) is 12.2 Å². The molecule has 0 aromatic heterocycles. The second-order valence-corrected chi connectivity index (χ2v) is 8.20. The van der Waals surface area contributed by atoms with E-state index >= 15 is 0 Å².